The molecule has 0 spiro atoms. The zero-order chi connectivity index (χ0) is 15.0. The second-order valence-corrected chi connectivity index (χ2v) is 5.98. The molecule has 3 nitrogen and oxygen atoms in total. The quantitative estimate of drug-likeness (QED) is 0.709. The first-order valence-corrected chi connectivity index (χ1v) is 7.62. The Balaban J connectivity index is 0.00000400. The lowest BCUT2D eigenvalue weighted by Crippen LogP contribution is -2.28. The maximum atomic E-state index is 6.13. The average Bonchev–Trinajstić information content (AvgIpc) is 2.38. The fourth-order valence-electron chi connectivity index (χ4n) is 1.67. The molecule has 0 saturated heterocycles. The molecule has 122 valence electrons. The first kappa shape index (κ1) is 20.8. The number of hydrogen-bond acceptors (Lipinski definition) is 3. The van der Waals surface area contributed by atoms with E-state index in [1.807, 2.05) is 7.05 Å². The maximum absolute atomic E-state index is 6.13. The lowest BCUT2D eigenvalue weighted by molar-refractivity contribution is 0.0345. The molecule has 0 aliphatic rings. The van der Waals surface area contributed by atoms with Gasteiger partial charge in [-0.05, 0) is 44.1 Å². The third-order valence-corrected chi connectivity index (χ3v) is 3.19. The van der Waals surface area contributed by atoms with Crippen molar-refractivity contribution >= 4 is 35.6 Å². The van der Waals surface area contributed by atoms with E-state index in [1.54, 1.807) is 18.2 Å². The van der Waals surface area contributed by atoms with Gasteiger partial charge in [0.2, 0.25) is 0 Å². The molecule has 21 heavy (non-hydrogen) atoms. The number of rotatable bonds is 9. The van der Waals surface area contributed by atoms with Crippen LogP contribution in [0, 0.1) is 5.92 Å². The number of nitrogens with one attached hydrogen (secondary N) is 1. The Labute approximate surface area is 143 Å². The highest BCUT2D eigenvalue weighted by atomic mass is 35.5. The Morgan fingerprint density at radius 1 is 1.19 bits per heavy atom. The summed E-state index contributed by atoms with van der Waals surface area (Å²) in [6, 6.07) is 5.24. The fraction of sp³-hybridized carbons (Fsp3) is 0.600. The summed E-state index contributed by atoms with van der Waals surface area (Å²) in [5.41, 5.74) is 0. The molecule has 1 aromatic rings. The summed E-state index contributed by atoms with van der Waals surface area (Å²) in [6.45, 7) is 6.40. The Morgan fingerprint density at radius 3 is 2.48 bits per heavy atom. The molecule has 6 heteroatoms. The maximum Gasteiger partial charge on any atom is 0.138 e. The van der Waals surface area contributed by atoms with E-state index in [2.05, 4.69) is 19.2 Å². The fourth-order valence-corrected chi connectivity index (χ4v) is 2.12. The normalized spacial score (nSPS) is 12.1. The van der Waals surface area contributed by atoms with Crippen molar-refractivity contribution in [1.29, 1.82) is 0 Å². The molecule has 0 aromatic heterocycles. The standard InChI is InChI=1S/C15H23Cl2NO2.ClH/c1-11(2)9-19-10-13(6-7-18-3)20-15-5-4-12(16)8-14(15)17;/h4-5,8,11,13,18H,6-7,9-10H2,1-3H3;1H/t13-;/m1./s1. The van der Waals surface area contributed by atoms with E-state index in [4.69, 9.17) is 32.7 Å². The van der Waals surface area contributed by atoms with E-state index in [-0.39, 0.29) is 18.5 Å². The monoisotopic (exact) mass is 355 g/mol. The summed E-state index contributed by atoms with van der Waals surface area (Å²) in [5, 5.41) is 4.24. The van der Waals surface area contributed by atoms with Crippen LogP contribution in [0.1, 0.15) is 20.3 Å². The van der Waals surface area contributed by atoms with Gasteiger partial charge in [-0.25, -0.2) is 0 Å². The number of benzene rings is 1. The molecule has 0 bridgehead atoms. The molecule has 1 atom stereocenters. The molecule has 1 aromatic carbocycles. The molecule has 0 aliphatic carbocycles. The van der Waals surface area contributed by atoms with Crippen LogP contribution in [0.2, 0.25) is 10.0 Å². The lowest BCUT2D eigenvalue weighted by Gasteiger charge is -2.20. The van der Waals surface area contributed by atoms with Gasteiger partial charge in [-0.2, -0.15) is 0 Å². The van der Waals surface area contributed by atoms with Gasteiger partial charge in [0.25, 0.3) is 0 Å². The van der Waals surface area contributed by atoms with Crippen LogP contribution < -0.4 is 10.1 Å². The van der Waals surface area contributed by atoms with E-state index >= 15 is 0 Å². The van der Waals surface area contributed by atoms with Crippen LogP contribution in [0.25, 0.3) is 0 Å². The molecular weight excluding hydrogens is 333 g/mol. The molecule has 0 saturated carbocycles. The molecule has 0 radical (unpaired) electrons. The van der Waals surface area contributed by atoms with Gasteiger partial charge in [0.15, 0.2) is 0 Å². The van der Waals surface area contributed by atoms with E-state index in [0.717, 1.165) is 19.6 Å². The highest BCUT2D eigenvalue weighted by Crippen LogP contribution is 2.28. The van der Waals surface area contributed by atoms with Crippen LogP contribution in [0.3, 0.4) is 0 Å². The smallest absolute Gasteiger partial charge is 0.138 e. The molecular formula is C15H24Cl3NO2. The summed E-state index contributed by atoms with van der Waals surface area (Å²) in [6.07, 6.45) is 0.827. The minimum Gasteiger partial charge on any atom is -0.486 e. The number of halogens is 3. The highest BCUT2D eigenvalue weighted by Gasteiger charge is 2.13. The second kappa shape index (κ2) is 11.4. The zero-order valence-electron chi connectivity index (χ0n) is 12.7. The first-order valence-electron chi connectivity index (χ1n) is 6.87. The minimum atomic E-state index is -0.0279. The van der Waals surface area contributed by atoms with Gasteiger partial charge in [-0.15, -0.1) is 12.4 Å². The molecule has 0 amide bonds. The lowest BCUT2D eigenvalue weighted by atomic mass is 10.2. The molecule has 0 fully saturated rings. The van der Waals surface area contributed by atoms with E-state index in [9.17, 15) is 0 Å². The van der Waals surface area contributed by atoms with Crippen LogP contribution in [0.4, 0.5) is 0 Å². The van der Waals surface area contributed by atoms with Crippen LogP contribution in [0.15, 0.2) is 18.2 Å². The molecule has 1 N–H and O–H groups in total. The summed E-state index contributed by atoms with van der Waals surface area (Å²) in [5.74, 6) is 1.16. The van der Waals surface area contributed by atoms with Crippen molar-refractivity contribution in [2.75, 3.05) is 26.8 Å². The minimum absolute atomic E-state index is 0. The van der Waals surface area contributed by atoms with Gasteiger partial charge >= 0.3 is 0 Å². The predicted octanol–water partition coefficient (Wildman–Crippen LogP) is 4.44. The van der Waals surface area contributed by atoms with Gasteiger partial charge < -0.3 is 14.8 Å². The van der Waals surface area contributed by atoms with Crippen molar-refractivity contribution in [2.24, 2.45) is 5.92 Å². The van der Waals surface area contributed by atoms with Crippen LogP contribution in [-0.2, 0) is 4.74 Å². The third-order valence-electron chi connectivity index (χ3n) is 2.66. The number of ether oxygens (including phenoxy) is 2. The Kier molecular flexibility index (Phi) is 11.3. The Bertz CT molecular complexity index is 403. The zero-order valence-corrected chi connectivity index (χ0v) is 15.0. The van der Waals surface area contributed by atoms with Gasteiger partial charge in [-0.1, -0.05) is 37.0 Å². The number of hydrogen-bond donors (Lipinski definition) is 1. The van der Waals surface area contributed by atoms with Crippen LogP contribution >= 0.6 is 35.6 Å². The van der Waals surface area contributed by atoms with Gasteiger partial charge in [-0.3, -0.25) is 0 Å². The Hall–Kier alpha value is -0.190. The SMILES string of the molecule is CNCC[C@H](COCC(C)C)Oc1ccc(Cl)cc1Cl.Cl. The molecule has 1 rings (SSSR count). The summed E-state index contributed by atoms with van der Waals surface area (Å²) in [7, 11) is 1.92. The largest absolute Gasteiger partial charge is 0.486 e. The van der Waals surface area contributed by atoms with Gasteiger partial charge in [0, 0.05) is 11.6 Å². The van der Waals surface area contributed by atoms with E-state index in [0.29, 0.717) is 28.3 Å². The van der Waals surface area contributed by atoms with Crippen molar-refractivity contribution in [3.8, 4) is 5.75 Å². The molecule has 0 heterocycles. The summed E-state index contributed by atoms with van der Waals surface area (Å²) >= 11 is 12.0. The van der Waals surface area contributed by atoms with Crippen molar-refractivity contribution in [3.05, 3.63) is 28.2 Å². The van der Waals surface area contributed by atoms with E-state index in [1.165, 1.54) is 0 Å². The topological polar surface area (TPSA) is 30.5 Å². The predicted molar refractivity (Wildman–Crippen MR) is 92.3 cm³/mol. The van der Waals surface area contributed by atoms with Gasteiger partial charge in [0.05, 0.1) is 11.6 Å². The third kappa shape index (κ3) is 8.74. The van der Waals surface area contributed by atoms with Crippen molar-refractivity contribution in [1.82, 2.24) is 5.32 Å². The van der Waals surface area contributed by atoms with Crippen molar-refractivity contribution in [3.63, 3.8) is 0 Å². The molecule has 0 aliphatic heterocycles. The van der Waals surface area contributed by atoms with Crippen LogP contribution in [0.5, 0.6) is 5.75 Å². The van der Waals surface area contributed by atoms with Crippen molar-refractivity contribution < 1.29 is 9.47 Å². The van der Waals surface area contributed by atoms with E-state index < -0.39 is 0 Å². The van der Waals surface area contributed by atoms with Crippen molar-refractivity contribution in [2.45, 2.75) is 26.4 Å². The highest BCUT2D eigenvalue weighted by molar-refractivity contribution is 6.35. The second-order valence-electron chi connectivity index (χ2n) is 5.14. The average molecular weight is 357 g/mol. The van der Waals surface area contributed by atoms with Gasteiger partial charge in [0.1, 0.15) is 11.9 Å². The van der Waals surface area contributed by atoms with Crippen LogP contribution in [-0.4, -0.2) is 32.9 Å². The summed E-state index contributed by atoms with van der Waals surface area (Å²) < 4.78 is 11.6. The first-order chi connectivity index (χ1) is 9.52. The molecule has 0 unspecified atom stereocenters. The Morgan fingerprint density at radius 2 is 1.90 bits per heavy atom. The summed E-state index contributed by atoms with van der Waals surface area (Å²) in [4.78, 5) is 0.